The Hall–Kier alpha value is -6.90. The molecular weight excluding hydrogens is 631 g/mol. The first-order chi connectivity index (χ1) is 25.7. The summed E-state index contributed by atoms with van der Waals surface area (Å²) in [6.07, 6.45) is 0. The molecule has 2 nitrogen and oxygen atoms in total. The second-order valence-electron chi connectivity index (χ2n) is 13.4. The fourth-order valence-electron chi connectivity index (χ4n) is 7.59. The minimum Gasteiger partial charge on any atom is -0.456 e. The van der Waals surface area contributed by atoms with Crippen molar-refractivity contribution >= 4 is 60.5 Å². The van der Waals surface area contributed by atoms with Gasteiger partial charge in [-0.05, 0) is 104 Å². The Balaban J connectivity index is 1.05. The van der Waals surface area contributed by atoms with Gasteiger partial charge in [-0.25, -0.2) is 0 Å². The van der Waals surface area contributed by atoms with Crippen molar-refractivity contribution < 1.29 is 4.42 Å². The van der Waals surface area contributed by atoms with Gasteiger partial charge >= 0.3 is 0 Å². The minimum atomic E-state index is 0.887. The smallest absolute Gasteiger partial charge is 0.135 e. The van der Waals surface area contributed by atoms with Crippen LogP contribution in [0.3, 0.4) is 0 Å². The molecule has 0 N–H and O–H groups in total. The van der Waals surface area contributed by atoms with Crippen LogP contribution >= 0.6 is 0 Å². The number of benzene rings is 9. The summed E-state index contributed by atoms with van der Waals surface area (Å²) in [5.74, 6) is 0. The van der Waals surface area contributed by atoms with Crippen molar-refractivity contribution in [1.29, 1.82) is 0 Å². The molecule has 9 aromatic carbocycles. The Kier molecular flexibility index (Phi) is 7.18. The zero-order valence-electron chi connectivity index (χ0n) is 28.4. The molecule has 0 aliphatic rings. The summed E-state index contributed by atoms with van der Waals surface area (Å²) in [5, 5.41) is 7.13. The second kappa shape index (κ2) is 12.5. The summed E-state index contributed by atoms with van der Waals surface area (Å²) < 4.78 is 6.22. The zero-order valence-corrected chi connectivity index (χ0v) is 28.4. The predicted molar refractivity (Wildman–Crippen MR) is 220 cm³/mol. The van der Waals surface area contributed by atoms with Crippen molar-refractivity contribution in [2.24, 2.45) is 0 Å². The number of anilines is 3. The SMILES string of the molecule is c1ccc(-c2ccccc2N(c2ccc3cc(-c4ccc(-c5ccc6ccccc6c5)cc4)ccc3c2)c2ccc3oc4ccccc4c3c2)cc1. The lowest BCUT2D eigenvalue weighted by molar-refractivity contribution is 0.669. The van der Waals surface area contributed by atoms with E-state index in [9.17, 15) is 0 Å². The first-order valence-electron chi connectivity index (χ1n) is 17.7. The molecule has 244 valence electrons. The van der Waals surface area contributed by atoms with E-state index < -0.39 is 0 Å². The van der Waals surface area contributed by atoms with E-state index in [0.29, 0.717) is 0 Å². The Morgan fingerprint density at radius 1 is 0.308 bits per heavy atom. The molecule has 0 spiro atoms. The molecule has 0 aliphatic carbocycles. The molecule has 1 aromatic heterocycles. The maximum absolute atomic E-state index is 6.22. The normalized spacial score (nSPS) is 11.5. The van der Waals surface area contributed by atoms with Gasteiger partial charge < -0.3 is 9.32 Å². The number of hydrogen-bond acceptors (Lipinski definition) is 2. The number of furan rings is 1. The van der Waals surface area contributed by atoms with Gasteiger partial charge in [0, 0.05) is 27.7 Å². The monoisotopic (exact) mass is 663 g/mol. The van der Waals surface area contributed by atoms with Crippen molar-refractivity contribution in [2.75, 3.05) is 4.90 Å². The summed E-state index contributed by atoms with van der Waals surface area (Å²) in [4.78, 5) is 2.38. The highest BCUT2D eigenvalue weighted by molar-refractivity contribution is 6.07. The van der Waals surface area contributed by atoms with Crippen LogP contribution in [0.1, 0.15) is 0 Å². The van der Waals surface area contributed by atoms with Crippen LogP contribution in [0.2, 0.25) is 0 Å². The van der Waals surface area contributed by atoms with E-state index in [4.69, 9.17) is 4.42 Å². The molecule has 0 saturated heterocycles. The number of nitrogens with zero attached hydrogens (tertiary/aromatic N) is 1. The van der Waals surface area contributed by atoms with Gasteiger partial charge in [-0.2, -0.15) is 0 Å². The topological polar surface area (TPSA) is 16.4 Å². The van der Waals surface area contributed by atoms with Crippen LogP contribution in [0.4, 0.5) is 17.1 Å². The lowest BCUT2D eigenvalue weighted by atomic mass is 9.97. The number of rotatable bonds is 6. The van der Waals surface area contributed by atoms with E-state index in [0.717, 1.165) is 39.0 Å². The number of hydrogen-bond donors (Lipinski definition) is 0. The molecule has 2 heteroatoms. The van der Waals surface area contributed by atoms with Gasteiger partial charge in [0.15, 0.2) is 0 Å². The summed E-state index contributed by atoms with van der Waals surface area (Å²) in [5.41, 5.74) is 12.3. The highest BCUT2D eigenvalue weighted by Crippen LogP contribution is 2.43. The zero-order chi connectivity index (χ0) is 34.4. The second-order valence-corrected chi connectivity index (χ2v) is 13.4. The van der Waals surface area contributed by atoms with E-state index in [2.05, 4.69) is 193 Å². The van der Waals surface area contributed by atoms with Gasteiger partial charge in [0.25, 0.3) is 0 Å². The molecule has 1 heterocycles. The van der Waals surface area contributed by atoms with E-state index >= 15 is 0 Å². The van der Waals surface area contributed by atoms with Crippen LogP contribution in [0.15, 0.2) is 205 Å². The van der Waals surface area contributed by atoms with Gasteiger partial charge in [-0.3, -0.25) is 0 Å². The van der Waals surface area contributed by atoms with E-state index in [1.807, 2.05) is 12.1 Å². The Morgan fingerprint density at radius 3 is 1.65 bits per heavy atom. The molecule has 0 amide bonds. The average Bonchev–Trinajstić information content (AvgIpc) is 3.59. The van der Waals surface area contributed by atoms with Crippen LogP contribution < -0.4 is 4.90 Å². The molecule has 0 fully saturated rings. The fourth-order valence-corrected chi connectivity index (χ4v) is 7.59. The van der Waals surface area contributed by atoms with Crippen molar-refractivity contribution in [3.05, 3.63) is 200 Å². The standard InChI is InChI=1S/C50H33NO/c1-2-11-37(12-3-1)45-14-6-8-16-48(45)51(44-28-29-50-47(33-44)46-15-7-9-17-49(46)52-50)43-27-26-41-31-40(24-25-42(41)32-43)36-20-18-35(19-21-36)39-23-22-34-10-4-5-13-38(34)30-39/h1-33H. The van der Waals surface area contributed by atoms with Gasteiger partial charge in [0.2, 0.25) is 0 Å². The number of fused-ring (bicyclic) bond motifs is 5. The van der Waals surface area contributed by atoms with Crippen molar-refractivity contribution in [2.45, 2.75) is 0 Å². The van der Waals surface area contributed by atoms with Gasteiger partial charge in [-0.1, -0.05) is 146 Å². The van der Waals surface area contributed by atoms with E-state index in [-0.39, 0.29) is 0 Å². The third-order valence-electron chi connectivity index (χ3n) is 10.2. The molecule has 0 unspecified atom stereocenters. The number of para-hydroxylation sites is 2. The summed E-state index contributed by atoms with van der Waals surface area (Å²) in [6, 6.07) is 71.8. The van der Waals surface area contributed by atoms with Crippen molar-refractivity contribution in [3.63, 3.8) is 0 Å². The molecular formula is C50H33NO. The van der Waals surface area contributed by atoms with Gasteiger partial charge in [0.1, 0.15) is 11.2 Å². The minimum absolute atomic E-state index is 0.887. The van der Waals surface area contributed by atoms with E-state index in [1.165, 1.54) is 54.9 Å². The molecule has 0 radical (unpaired) electrons. The largest absolute Gasteiger partial charge is 0.456 e. The molecule has 0 bridgehead atoms. The summed E-state index contributed by atoms with van der Waals surface area (Å²) >= 11 is 0. The van der Waals surface area contributed by atoms with Crippen LogP contribution in [0, 0.1) is 0 Å². The van der Waals surface area contributed by atoms with Crippen molar-refractivity contribution in [1.82, 2.24) is 0 Å². The first kappa shape index (κ1) is 30.0. The molecule has 10 rings (SSSR count). The van der Waals surface area contributed by atoms with Crippen LogP contribution in [-0.2, 0) is 0 Å². The highest BCUT2D eigenvalue weighted by atomic mass is 16.3. The first-order valence-corrected chi connectivity index (χ1v) is 17.7. The maximum atomic E-state index is 6.22. The van der Waals surface area contributed by atoms with Crippen molar-refractivity contribution in [3.8, 4) is 33.4 Å². The van der Waals surface area contributed by atoms with Gasteiger partial charge in [-0.15, -0.1) is 0 Å². The average molecular weight is 664 g/mol. The lowest BCUT2D eigenvalue weighted by Gasteiger charge is -2.28. The maximum Gasteiger partial charge on any atom is 0.135 e. The van der Waals surface area contributed by atoms with E-state index in [1.54, 1.807) is 0 Å². The molecule has 0 saturated carbocycles. The fraction of sp³-hybridized carbons (Fsp3) is 0. The Bertz CT molecular complexity index is 2900. The van der Waals surface area contributed by atoms with Crippen LogP contribution in [-0.4, -0.2) is 0 Å². The lowest BCUT2D eigenvalue weighted by Crippen LogP contribution is -2.11. The molecule has 10 aromatic rings. The van der Waals surface area contributed by atoms with Crippen LogP contribution in [0.25, 0.3) is 76.9 Å². The third-order valence-corrected chi connectivity index (χ3v) is 10.2. The Morgan fingerprint density at radius 2 is 0.846 bits per heavy atom. The highest BCUT2D eigenvalue weighted by Gasteiger charge is 2.19. The third kappa shape index (κ3) is 5.30. The quantitative estimate of drug-likeness (QED) is 0.176. The summed E-state index contributed by atoms with van der Waals surface area (Å²) in [6.45, 7) is 0. The molecule has 0 aliphatic heterocycles. The van der Waals surface area contributed by atoms with Gasteiger partial charge in [0.05, 0.1) is 5.69 Å². The molecule has 52 heavy (non-hydrogen) atoms. The predicted octanol–water partition coefficient (Wildman–Crippen LogP) is 14.4. The Labute approximate surface area is 302 Å². The van der Waals surface area contributed by atoms with Crippen LogP contribution in [0.5, 0.6) is 0 Å². The summed E-state index contributed by atoms with van der Waals surface area (Å²) in [7, 11) is 0. The molecule has 0 atom stereocenters.